The molecule has 8 heteroatoms. The van der Waals surface area contributed by atoms with Gasteiger partial charge < -0.3 is 24.8 Å². The van der Waals surface area contributed by atoms with Crippen LogP contribution in [0.4, 0.5) is 9.59 Å². The fourth-order valence-corrected chi connectivity index (χ4v) is 3.97. The van der Waals surface area contributed by atoms with Gasteiger partial charge in [0.1, 0.15) is 12.2 Å². The zero-order valence-corrected chi connectivity index (χ0v) is 23.1. The highest BCUT2D eigenvalue weighted by Gasteiger charge is 2.31. The van der Waals surface area contributed by atoms with Crippen LogP contribution in [0.25, 0.3) is 0 Å². The molecule has 0 aromatic heterocycles. The molecule has 38 heavy (non-hydrogen) atoms. The van der Waals surface area contributed by atoms with Gasteiger partial charge in [0.05, 0.1) is 24.8 Å². The van der Waals surface area contributed by atoms with E-state index in [2.05, 4.69) is 11.4 Å². The Kier molecular flexibility index (Phi) is 11.6. The topological polar surface area (TPSA) is 112 Å². The Morgan fingerprint density at radius 3 is 2.13 bits per heavy atom. The van der Waals surface area contributed by atoms with Crippen molar-refractivity contribution in [1.82, 2.24) is 10.2 Å². The normalized spacial score (nSPS) is 13.1. The third-order valence-electron chi connectivity index (χ3n) is 5.87. The monoisotopic (exact) mass is 523 g/mol. The summed E-state index contributed by atoms with van der Waals surface area (Å²) in [6, 6.07) is 20.3. The van der Waals surface area contributed by atoms with E-state index in [1.807, 2.05) is 74.5 Å². The average Bonchev–Trinajstić information content (AvgIpc) is 2.85. The number of ether oxygens (including phenoxy) is 2. The van der Waals surface area contributed by atoms with Crippen molar-refractivity contribution in [1.29, 1.82) is 5.26 Å². The van der Waals surface area contributed by atoms with Gasteiger partial charge in [0.15, 0.2) is 0 Å². The Morgan fingerprint density at radius 1 is 1.00 bits per heavy atom. The van der Waals surface area contributed by atoms with Crippen molar-refractivity contribution in [3.63, 3.8) is 0 Å². The van der Waals surface area contributed by atoms with Crippen LogP contribution in [0.3, 0.4) is 0 Å². The number of carbonyl (C=O) groups excluding carboxylic acids is 2. The minimum atomic E-state index is -1.11. The molecule has 0 aliphatic carbocycles. The smallest absolute Gasteiger partial charge is 0.410 e. The first kappa shape index (κ1) is 30.7. The molecule has 2 N–H and O–H groups in total. The summed E-state index contributed by atoms with van der Waals surface area (Å²) in [5, 5.41) is 23.2. The predicted molar refractivity (Wildman–Crippen MR) is 146 cm³/mol. The molecule has 0 spiro atoms. The van der Waals surface area contributed by atoms with Gasteiger partial charge >= 0.3 is 12.2 Å². The maximum Gasteiger partial charge on any atom is 0.410 e. The van der Waals surface area contributed by atoms with Crippen LogP contribution in [0.1, 0.15) is 58.6 Å². The van der Waals surface area contributed by atoms with Gasteiger partial charge in [-0.05, 0) is 50.2 Å². The quantitative estimate of drug-likeness (QED) is 0.382. The van der Waals surface area contributed by atoms with Crippen LogP contribution in [-0.4, -0.2) is 53.0 Å². The molecule has 2 rings (SSSR count). The van der Waals surface area contributed by atoms with E-state index >= 15 is 0 Å². The Hall–Kier alpha value is -3.57. The van der Waals surface area contributed by atoms with Crippen molar-refractivity contribution in [3.05, 3.63) is 71.8 Å². The number of hydrogen-bond donors (Lipinski definition) is 2. The molecule has 0 saturated heterocycles. The summed E-state index contributed by atoms with van der Waals surface area (Å²) in [5.41, 5.74) is 0.665. The highest BCUT2D eigenvalue weighted by Crippen LogP contribution is 2.25. The third-order valence-corrected chi connectivity index (χ3v) is 5.87. The van der Waals surface area contributed by atoms with E-state index in [1.54, 1.807) is 20.8 Å². The molecular formula is C30H41N3O5. The summed E-state index contributed by atoms with van der Waals surface area (Å²) in [6.07, 6.45) is -1.07. The molecule has 0 radical (unpaired) electrons. The van der Waals surface area contributed by atoms with Crippen molar-refractivity contribution in [2.75, 3.05) is 13.1 Å². The number of alkyl carbamates (subject to hydrolysis) is 1. The molecule has 0 aliphatic rings. The fraction of sp³-hybridized carbons (Fsp3) is 0.500. The van der Waals surface area contributed by atoms with Gasteiger partial charge in [0, 0.05) is 13.0 Å². The van der Waals surface area contributed by atoms with Crippen LogP contribution in [0.2, 0.25) is 0 Å². The largest absolute Gasteiger partial charge is 0.445 e. The van der Waals surface area contributed by atoms with E-state index in [9.17, 15) is 14.7 Å². The second kappa shape index (κ2) is 14.4. The predicted octanol–water partition coefficient (Wildman–Crippen LogP) is 5.45. The van der Waals surface area contributed by atoms with Gasteiger partial charge in [-0.25, -0.2) is 9.59 Å². The number of carbonyl (C=O) groups is 2. The lowest BCUT2D eigenvalue weighted by Gasteiger charge is -2.35. The summed E-state index contributed by atoms with van der Waals surface area (Å²) in [7, 11) is 0. The Morgan fingerprint density at radius 2 is 1.58 bits per heavy atom. The molecule has 0 bridgehead atoms. The lowest BCUT2D eigenvalue weighted by Crippen LogP contribution is -2.52. The van der Waals surface area contributed by atoms with E-state index in [0.717, 1.165) is 11.1 Å². The summed E-state index contributed by atoms with van der Waals surface area (Å²) in [4.78, 5) is 27.3. The molecule has 0 saturated carbocycles. The number of rotatable bonds is 12. The van der Waals surface area contributed by atoms with Crippen molar-refractivity contribution >= 4 is 12.2 Å². The van der Waals surface area contributed by atoms with Gasteiger partial charge in [-0.1, -0.05) is 74.5 Å². The number of hydrogen-bond acceptors (Lipinski definition) is 6. The molecule has 2 aromatic carbocycles. The Bertz CT molecular complexity index is 1050. The van der Waals surface area contributed by atoms with Gasteiger partial charge in [0.25, 0.3) is 0 Å². The molecule has 0 heterocycles. The Labute approximate surface area is 226 Å². The second-order valence-corrected chi connectivity index (χ2v) is 11.3. The van der Waals surface area contributed by atoms with Gasteiger partial charge in [-0.2, -0.15) is 5.26 Å². The maximum atomic E-state index is 13.2. The minimum Gasteiger partial charge on any atom is -0.445 e. The molecule has 2 atom stereocenters. The fourth-order valence-electron chi connectivity index (χ4n) is 3.97. The molecule has 2 aromatic rings. The number of nitrogens with zero attached hydrogens (tertiary/aromatic N) is 2. The van der Waals surface area contributed by atoms with Gasteiger partial charge in [-0.15, -0.1) is 0 Å². The second-order valence-electron chi connectivity index (χ2n) is 11.3. The molecule has 0 fully saturated rings. The first-order chi connectivity index (χ1) is 17.9. The van der Waals surface area contributed by atoms with E-state index in [1.165, 1.54) is 4.90 Å². The number of amides is 2. The average molecular weight is 524 g/mol. The van der Waals surface area contributed by atoms with E-state index in [4.69, 9.17) is 14.7 Å². The number of nitrogens with one attached hydrogen (secondary N) is 1. The highest BCUT2D eigenvalue weighted by atomic mass is 16.6. The minimum absolute atomic E-state index is 0.0725. The molecule has 0 aliphatic heterocycles. The first-order valence-corrected chi connectivity index (χ1v) is 12.9. The van der Waals surface area contributed by atoms with Gasteiger partial charge in [-0.3, -0.25) is 0 Å². The van der Waals surface area contributed by atoms with Crippen molar-refractivity contribution in [2.24, 2.45) is 5.41 Å². The van der Waals surface area contributed by atoms with Crippen LogP contribution in [0, 0.1) is 16.7 Å². The highest BCUT2D eigenvalue weighted by molar-refractivity contribution is 5.69. The SMILES string of the molecule is CC(C)(CCC#N)CN(CC(O)[C@H](Cc1ccccc1)NC(=O)OC(C)(C)C)C(=O)OCc1ccccc1. The van der Waals surface area contributed by atoms with Crippen LogP contribution in [-0.2, 0) is 22.5 Å². The van der Waals surface area contributed by atoms with Crippen molar-refractivity contribution in [2.45, 2.75) is 78.2 Å². The maximum absolute atomic E-state index is 13.2. The summed E-state index contributed by atoms with van der Waals surface area (Å²) in [6.45, 7) is 9.52. The number of benzene rings is 2. The van der Waals surface area contributed by atoms with Crippen molar-refractivity contribution < 1.29 is 24.2 Å². The summed E-state index contributed by atoms with van der Waals surface area (Å²) < 4.78 is 11.0. The van der Waals surface area contributed by atoms with Crippen LogP contribution in [0.5, 0.6) is 0 Å². The van der Waals surface area contributed by atoms with E-state index < -0.39 is 35.3 Å². The molecule has 206 valence electrons. The van der Waals surface area contributed by atoms with Crippen molar-refractivity contribution in [3.8, 4) is 6.07 Å². The first-order valence-electron chi connectivity index (χ1n) is 12.9. The summed E-state index contributed by atoms with van der Waals surface area (Å²) in [5.74, 6) is 0. The lowest BCUT2D eigenvalue weighted by atomic mass is 9.87. The number of aliphatic hydroxyl groups excluding tert-OH is 1. The molecular weight excluding hydrogens is 482 g/mol. The van der Waals surface area contributed by atoms with E-state index in [-0.39, 0.29) is 19.7 Å². The van der Waals surface area contributed by atoms with Gasteiger partial charge in [0.2, 0.25) is 0 Å². The molecule has 1 unspecified atom stereocenters. The molecule has 2 amide bonds. The van der Waals surface area contributed by atoms with E-state index in [0.29, 0.717) is 19.3 Å². The lowest BCUT2D eigenvalue weighted by molar-refractivity contribution is 0.0278. The molecule has 8 nitrogen and oxygen atoms in total. The summed E-state index contributed by atoms with van der Waals surface area (Å²) >= 11 is 0. The zero-order valence-electron chi connectivity index (χ0n) is 23.1. The number of aliphatic hydroxyl groups is 1. The number of nitriles is 1. The standard InChI is InChI=1S/C30H41N3O5/c1-29(2,3)38-27(35)32-25(19-23-13-8-6-9-14-23)26(34)20-33(22-30(4,5)17-12-18-31)28(36)37-21-24-15-10-7-11-16-24/h6-11,13-16,25-26,34H,12,17,19-22H2,1-5H3,(H,32,35)/t25-,26?/m0/s1. The Balaban J connectivity index is 2.22. The third kappa shape index (κ3) is 11.7. The van der Waals surface area contributed by atoms with Crippen LogP contribution < -0.4 is 5.32 Å². The zero-order chi connectivity index (χ0) is 28.2. The van der Waals surface area contributed by atoms with Crippen LogP contribution >= 0.6 is 0 Å². The van der Waals surface area contributed by atoms with Crippen LogP contribution in [0.15, 0.2) is 60.7 Å².